The van der Waals surface area contributed by atoms with Crippen molar-refractivity contribution in [1.82, 2.24) is 10.2 Å². The maximum Gasteiger partial charge on any atom is 0.251 e. The quantitative estimate of drug-likeness (QED) is 0.784. The molecule has 1 aliphatic heterocycles. The minimum absolute atomic E-state index is 0. The Morgan fingerprint density at radius 3 is 2.39 bits per heavy atom. The second kappa shape index (κ2) is 10.3. The van der Waals surface area contributed by atoms with Crippen LogP contribution in [-0.2, 0) is 4.79 Å². The van der Waals surface area contributed by atoms with E-state index < -0.39 is 0 Å². The molecule has 28 heavy (non-hydrogen) atoms. The van der Waals surface area contributed by atoms with Crippen LogP contribution in [0.2, 0.25) is 0 Å². The lowest BCUT2D eigenvalue weighted by atomic mass is 9.71. The lowest BCUT2D eigenvalue weighted by molar-refractivity contribution is -0.135. The van der Waals surface area contributed by atoms with Gasteiger partial charge >= 0.3 is 0 Å². The Hall–Kier alpha value is -1.59. The minimum Gasteiger partial charge on any atom is -0.349 e. The lowest BCUT2D eigenvalue weighted by Gasteiger charge is -2.39. The van der Waals surface area contributed by atoms with Gasteiger partial charge in [-0.05, 0) is 56.2 Å². The van der Waals surface area contributed by atoms with Crippen molar-refractivity contribution in [2.24, 2.45) is 11.1 Å². The minimum atomic E-state index is -0.0119. The molecule has 156 valence electrons. The zero-order valence-electron chi connectivity index (χ0n) is 16.9. The van der Waals surface area contributed by atoms with Crippen molar-refractivity contribution < 1.29 is 9.59 Å². The van der Waals surface area contributed by atoms with Crippen LogP contribution in [0.4, 0.5) is 0 Å². The molecule has 0 radical (unpaired) electrons. The Balaban J connectivity index is 0.00000280. The maximum atomic E-state index is 12.8. The summed E-state index contributed by atoms with van der Waals surface area (Å²) in [6.45, 7) is 4.01. The summed E-state index contributed by atoms with van der Waals surface area (Å²) in [4.78, 5) is 27.3. The molecule has 6 heteroatoms. The van der Waals surface area contributed by atoms with Gasteiger partial charge in [-0.2, -0.15) is 0 Å². The SMILES string of the molecule is Cc1ccccc1C(=O)NC1CCN(C(=O)CC2(CN)CCCCC2)CC1.Cl. The Morgan fingerprint density at radius 1 is 1.14 bits per heavy atom. The molecule has 0 bridgehead atoms. The molecule has 5 nitrogen and oxygen atoms in total. The van der Waals surface area contributed by atoms with Crippen molar-refractivity contribution in [2.45, 2.75) is 64.3 Å². The van der Waals surface area contributed by atoms with Gasteiger partial charge in [0.2, 0.25) is 5.91 Å². The zero-order chi connectivity index (χ0) is 19.3. The number of halogens is 1. The summed E-state index contributed by atoms with van der Waals surface area (Å²) in [5, 5.41) is 3.14. The number of rotatable bonds is 5. The molecule has 2 aliphatic rings. The average molecular weight is 408 g/mol. The van der Waals surface area contributed by atoms with Crippen LogP contribution in [-0.4, -0.2) is 42.4 Å². The predicted molar refractivity (Wildman–Crippen MR) is 115 cm³/mol. The van der Waals surface area contributed by atoms with Gasteiger partial charge in [0.15, 0.2) is 0 Å². The number of nitrogens with two attached hydrogens (primary N) is 1. The van der Waals surface area contributed by atoms with Crippen LogP contribution in [0.5, 0.6) is 0 Å². The average Bonchev–Trinajstić information content (AvgIpc) is 2.69. The van der Waals surface area contributed by atoms with Crippen molar-refractivity contribution in [2.75, 3.05) is 19.6 Å². The largest absolute Gasteiger partial charge is 0.349 e. The molecule has 2 fully saturated rings. The number of amides is 2. The van der Waals surface area contributed by atoms with Crippen molar-refractivity contribution in [1.29, 1.82) is 0 Å². The van der Waals surface area contributed by atoms with Gasteiger partial charge in [-0.15, -0.1) is 12.4 Å². The number of nitrogens with one attached hydrogen (secondary N) is 1. The van der Waals surface area contributed by atoms with Gasteiger partial charge in [0, 0.05) is 31.1 Å². The van der Waals surface area contributed by atoms with Crippen LogP contribution in [0.1, 0.15) is 67.3 Å². The summed E-state index contributed by atoms with van der Waals surface area (Å²) in [7, 11) is 0. The van der Waals surface area contributed by atoms with Crippen molar-refractivity contribution >= 4 is 24.2 Å². The number of aryl methyl sites for hydroxylation is 1. The number of piperidine rings is 1. The molecule has 1 saturated carbocycles. The molecule has 1 saturated heterocycles. The third-order valence-corrected chi connectivity index (χ3v) is 6.45. The Morgan fingerprint density at radius 2 is 1.79 bits per heavy atom. The van der Waals surface area contributed by atoms with E-state index in [-0.39, 0.29) is 35.7 Å². The number of carbonyl (C=O) groups is 2. The fraction of sp³-hybridized carbons (Fsp3) is 0.636. The Bertz CT molecular complexity index is 666. The number of likely N-dealkylation sites (tertiary alicyclic amines) is 1. The van der Waals surface area contributed by atoms with E-state index in [9.17, 15) is 9.59 Å². The number of benzene rings is 1. The topological polar surface area (TPSA) is 75.4 Å². The molecule has 3 N–H and O–H groups in total. The molecule has 1 heterocycles. The van der Waals surface area contributed by atoms with E-state index >= 15 is 0 Å². The van der Waals surface area contributed by atoms with Gasteiger partial charge in [-0.3, -0.25) is 9.59 Å². The molecule has 1 aliphatic carbocycles. The van der Waals surface area contributed by atoms with Gasteiger partial charge in [-0.25, -0.2) is 0 Å². The molecular weight excluding hydrogens is 374 g/mol. The van der Waals surface area contributed by atoms with E-state index in [0.717, 1.165) is 49.9 Å². The zero-order valence-corrected chi connectivity index (χ0v) is 17.7. The van der Waals surface area contributed by atoms with Crippen LogP contribution in [0, 0.1) is 12.3 Å². The first kappa shape index (κ1) is 22.7. The first-order valence-corrected chi connectivity index (χ1v) is 10.4. The Kier molecular flexibility index (Phi) is 8.32. The standard InChI is InChI=1S/C22H33N3O2.ClH/c1-17-7-3-4-8-19(17)21(27)24-18-9-13-25(14-10-18)20(26)15-22(16-23)11-5-2-6-12-22;/h3-4,7-8,18H,2,5-6,9-16,23H2,1H3,(H,24,27);1H. The summed E-state index contributed by atoms with van der Waals surface area (Å²) in [6.07, 6.45) is 8.04. The number of carbonyl (C=O) groups excluding carboxylic acids is 2. The van der Waals surface area contributed by atoms with Gasteiger partial charge in [-0.1, -0.05) is 37.5 Å². The molecule has 0 atom stereocenters. The molecule has 0 unspecified atom stereocenters. The molecule has 2 amide bonds. The summed E-state index contributed by atoms with van der Waals surface area (Å²) in [6, 6.07) is 7.78. The van der Waals surface area contributed by atoms with E-state index in [2.05, 4.69) is 5.32 Å². The van der Waals surface area contributed by atoms with Crippen molar-refractivity contribution in [3.8, 4) is 0 Å². The van der Waals surface area contributed by atoms with Crippen molar-refractivity contribution in [3.05, 3.63) is 35.4 Å². The summed E-state index contributed by atoms with van der Waals surface area (Å²) in [5.41, 5.74) is 7.78. The smallest absolute Gasteiger partial charge is 0.251 e. The number of nitrogens with zero attached hydrogens (tertiary/aromatic N) is 1. The summed E-state index contributed by atoms with van der Waals surface area (Å²) in [5.74, 6) is 0.230. The molecule has 0 aromatic heterocycles. The normalized spacial score (nSPS) is 19.6. The van der Waals surface area contributed by atoms with Crippen LogP contribution in [0.3, 0.4) is 0 Å². The van der Waals surface area contributed by atoms with Gasteiger partial charge < -0.3 is 16.0 Å². The van der Waals surface area contributed by atoms with E-state index in [1.807, 2.05) is 36.1 Å². The van der Waals surface area contributed by atoms with Gasteiger partial charge in [0.1, 0.15) is 0 Å². The van der Waals surface area contributed by atoms with E-state index in [1.54, 1.807) is 0 Å². The second-order valence-corrected chi connectivity index (χ2v) is 8.39. The maximum absolute atomic E-state index is 12.8. The van der Waals surface area contributed by atoms with E-state index in [0.29, 0.717) is 13.0 Å². The predicted octanol–water partition coefficient (Wildman–Crippen LogP) is 3.44. The first-order chi connectivity index (χ1) is 13.0. The number of hydrogen-bond donors (Lipinski definition) is 2. The highest BCUT2D eigenvalue weighted by Gasteiger charge is 2.35. The molecule has 1 aromatic rings. The van der Waals surface area contributed by atoms with E-state index in [1.165, 1.54) is 19.3 Å². The molecular formula is C22H34ClN3O2. The third kappa shape index (κ3) is 5.48. The highest BCUT2D eigenvalue weighted by atomic mass is 35.5. The summed E-state index contributed by atoms with van der Waals surface area (Å²) < 4.78 is 0. The van der Waals surface area contributed by atoms with Gasteiger partial charge in [0.25, 0.3) is 5.91 Å². The summed E-state index contributed by atoms with van der Waals surface area (Å²) >= 11 is 0. The third-order valence-electron chi connectivity index (χ3n) is 6.45. The van der Waals surface area contributed by atoms with E-state index in [4.69, 9.17) is 5.73 Å². The van der Waals surface area contributed by atoms with Gasteiger partial charge in [0.05, 0.1) is 0 Å². The van der Waals surface area contributed by atoms with Crippen LogP contribution in [0.25, 0.3) is 0 Å². The molecule has 1 aromatic carbocycles. The first-order valence-electron chi connectivity index (χ1n) is 10.4. The second-order valence-electron chi connectivity index (χ2n) is 8.39. The highest BCUT2D eigenvalue weighted by molar-refractivity contribution is 5.95. The van der Waals surface area contributed by atoms with Crippen molar-refractivity contribution in [3.63, 3.8) is 0 Å². The lowest BCUT2D eigenvalue weighted by Crippen LogP contribution is -2.48. The fourth-order valence-corrected chi connectivity index (χ4v) is 4.55. The van der Waals surface area contributed by atoms with Crippen LogP contribution in [0.15, 0.2) is 24.3 Å². The highest BCUT2D eigenvalue weighted by Crippen LogP contribution is 2.39. The fourth-order valence-electron chi connectivity index (χ4n) is 4.55. The number of hydrogen-bond acceptors (Lipinski definition) is 3. The molecule has 3 rings (SSSR count). The molecule has 0 spiro atoms. The van der Waals surface area contributed by atoms with Crippen LogP contribution < -0.4 is 11.1 Å². The Labute approximate surface area is 174 Å². The van der Waals surface area contributed by atoms with Crippen LogP contribution >= 0.6 is 12.4 Å². The monoisotopic (exact) mass is 407 g/mol.